The molecule has 0 saturated carbocycles. The van der Waals surface area contributed by atoms with Crippen LogP contribution in [0.25, 0.3) is 0 Å². The Morgan fingerprint density at radius 3 is 2.79 bits per heavy atom. The summed E-state index contributed by atoms with van der Waals surface area (Å²) in [6, 6.07) is 11.6. The maximum Gasteiger partial charge on any atom is 0.227 e. The molecule has 3 rings (SSSR count). The summed E-state index contributed by atoms with van der Waals surface area (Å²) >= 11 is 1.61. The number of rotatable bonds is 6. The lowest BCUT2D eigenvalue weighted by Gasteiger charge is -2.46. The molecule has 2 unspecified atom stereocenters. The molecule has 2 aromatic rings. The zero-order valence-corrected chi connectivity index (χ0v) is 18.3. The van der Waals surface area contributed by atoms with E-state index in [2.05, 4.69) is 4.90 Å². The fourth-order valence-corrected chi connectivity index (χ4v) is 4.54. The van der Waals surface area contributed by atoms with Crippen molar-refractivity contribution >= 4 is 29.7 Å². The van der Waals surface area contributed by atoms with Crippen molar-refractivity contribution in [1.82, 2.24) is 9.80 Å². The molecule has 7 heteroatoms. The number of aliphatic hydroxyl groups is 1. The van der Waals surface area contributed by atoms with Gasteiger partial charge in [0.2, 0.25) is 5.91 Å². The van der Waals surface area contributed by atoms with Gasteiger partial charge in [0, 0.05) is 30.4 Å². The smallest absolute Gasteiger partial charge is 0.227 e. The number of piperidine rings is 1. The van der Waals surface area contributed by atoms with Gasteiger partial charge in [0.25, 0.3) is 0 Å². The van der Waals surface area contributed by atoms with Gasteiger partial charge in [0.1, 0.15) is 5.75 Å². The summed E-state index contributed by atoms with van der Waals surface area (Å²) in [5, 5.41) is 13.6. The second-order valence-electron chi connectivity index (χ2n) is 7.46. The van der Waals surface area contributed by atoms with Crippen LogP contribution in [0, 0.1) is 5.92 Å². The minimum atomic E-state index is -0.974. The van der Waals surface area contributed by atoms with Gasteiger partial charge >= 0.3 is 0 Å². The van der Waals surface area contributed by atoms with Crippen LogP contribution in [0.5, 0.6) is 5.75 Å². The summed E-state index contributed by atoms with van der Waals surface area (Å²) < 4.78 is 5.34. The van der Waals surface area contributed by atoms with Gasteiger partial charge in [0.05, 0.1) is 19.1 Å². The van der Waals surface area contributed by atoms with Crippen molar-refractivity contribution in [1.29, 1.82) is 0 Å². The molecule has 1 saturated heterocycles. The van der Waals surface area contributed by atoms with Crippen LogP contribution in [-0.4, -0.2) is 61.7 Å². The minimum absolute atomic E-state index is 0. The molecule has 1 aliphatic rings. The number of benzene rings is 1. The van der Waals surface area contributed by atoms with E-state index in [1.54, 1.807) is 18.4 Å². The number of methoxy groups -OCH3 is 1. The first-order valence-electron chi connectivity index (χ1n) is 9.24. The predicted molar refractivity (Wildman–Crippen MR) is 115 cm³/mol. The first kappa shape index (κ1) is 22.7. The Bertz CT molecular complexity index is 769. The molecule has 154 valence electrons. The molecule has 0 radical (unpaired) electrons. The van der Waals surface area contributed by atoms with E-state index in [4.69, 9.17) is 4.74 Å². The summed E-state index contributed by atoms with van der Waals surface area (Å²) in [6.07, 6.45) is 0.957. The summed E-state index contributed by atoms with van der Waals surface area (Å²) in [5.41, 5.74) is -0.113. The van der Waals surface area contributed by atoms with E-state index in [1.165, 1.54) is 0 Å². The third-order valence-electron chi connectivity index (χ3n) is 5.29. The van der Waals surface area contributed by atoms with E-state index in [1.807, 2.05) is 60.8 Å². The Morgan fingerprint density at radius 1 is 1.36 bits per heavy atom. The lowest BCUT2D eigenvalue weighted by Crippen LogP contribution is -2.54. The second kappa shape index (κ2) is 9.74. The molecule has 0 aliphatic carbocycles. The number of hydrogen-bond acceptors (Lipinski definition) is 5. The Morgan fingerprint density at radius 2 is 2.14 bits per heavy atom. The Kier molecular flexibility index (Phi) is 7.89. The number of carbonyl (C=O) groups excluding carboxylic acids is 1. The maximum absolute atomic E-state index is 12.8. The standard InChI is InChI=1S/C21H28N2O3S.ClH/c1-22(2)14-17-15-23(20(24)13-19-8-5-11-27-19)10-9-21(17,25)16-6-4-7-18(12-16)26-3;/h4-8,11-12,17,25H,9-10,13-15H2,1-3H3;1H. The largest absolute Gasteiger partial charge is 0.497 e. The van der Waals surface area contributed by atoms with Gasteiger partial charge in [-0.3, -0.25) is 4.79 Å². The van der Waals surface area contributed by atoms with Gasteiger partial charge in [-0.05, 0) is 49.7 Å². The third kappa shape index (κ3) is 5.06. The summed E-state index contributed by atoms with van der Waals surface area (Å²) in [4.78, 5) is 17.8. The van der Waals surface area contributed by atoms with Crippen molar-refractivity contribution in [2.45, 2.75) is 18.4 Å². The Hall–Kier alpha value is -1.60. The molecule has 2 heterocycles. The van der Waals surface area contributed by atoms with Crippen LogP contribution in [0.15, 0.2) is 41.8 Å². The lowest BCUT2D eigenvalue weighted by molar-refractivity contribution is -0.141. The first-order valence-corrected chi connectivity index (χ1v) is 10.1. The lowest BCUT2D eigenvalue weighted by atomic mass is 9.75. The van der Waals surface area contributed by atoms with Gasteiger partial charge in [0.15, 0.2) is 0 Å². The SMILES string of the molecule is COc1cccc(C2(O)CCN(C(=O)Cc3cccs3)CC2CN(C)C)c1.Cl. The van der Waals surface area contributed by atoms with Crippen LogP contribution in [0.1, 0.15) is 16.9 Å². The molecule has 1 aromatic heterocycles. The fourth-order valence-electron chi connectivity index (χ4n) is 3.84. The average Bonchev–Trinajstić information content (AvgIpc) is 3.16. The van der Waals surface area contributed by atoms with Gasteiger partial charge in [-0.2, -0.15) is 0 Å². The Balaban J connectivity index is 0.00000280. The first-order chi connectivity index (χ1) is 12.9. The fraction of sp³-hybridized carbons (Fsp3) is 0.476. The molecule has 1 aromatic carbocycles. The molecule has 28 heavy (non-hydrogen) atoms. The van der Waals surface area contributed by atoms with Crippen molar-refractivity contribution < 1.29 is 14.6 Å². The molecular weight excluding hydrogens is 396 g/mol. The highest BCUT2D eigenvalue weighted by molar-refractivity contribution is 7.10. The molecule has 2 atom stereocenters. The van der Waals surface area contributed by atoms with Crippen molar-refractivity contribution in [2.75, 3.05) is 40.8 Å². The van der Waals surface area contributed by atoms with E-state index < -0.39 is 5.60 Å². The van der Waals surface area contributed by atoms with Gasteiger partial charge in [-0.25, -0.2) is 0 Å². The number of carbonyl (C=O) groups is 1. The highest BCUT2D eigenvalue weighted by Crippen LogP contribution is 2.39. The van der Waals surface area contributed by atoms with Crippen LogP contribution in [-0.2, 0) is 16.8 Å². The van der Waals surface area contributed by atoms with Crippen LogP contribution in [0.4, 0.5) is 0 Å². The number of likely N-dealkylation sites (tertiary alicyclic amines) is 1. The molecular formula is C21H29ClN2O3S. The number of ether oxygens (including phenoxy) is 1. The summed E-state index contributed by atoms with van der Waals surface area (Å²) in [5.74, 6) is 0.801. The van der Waals surface area contributed by atoms with Crippen LogP contribution < -0.4 is 4.74 Å². The zero-order chi connectivity index (χ0) is 19.4. The number of hydrogen-bond donors (Lipinski definition) is 1. The molecule has 1 N–H and O–H groups in total. The van der Waals surface area contributed by atoms with E-state index in [9.17, 15) is 9.90 Å². The van der Waals surface area contributed by atoms with E-state index in [0.717, 1.165) is 16.2 Å². The highest BCUT2D eigenvalue weighted by atomic mass is 35.5. The van der Waals surface area contributed by atoms with Crippen LogP contribution in [0.3, 0.4) is 0 Å². The second-order valence-corrected chi connectivity index (χ2v) is 8.49. The summed E-state index contributed by atoms with van der Waals surface area (Å²) in [7, 11) is 5.63. The van der Waals surface area contributed by atoms with Gasteiger partial charge in [-0.15, -0.1) is 23.7 Å². The van der Waals surface area contributed by atoms with E-state index in [-0.39, 0.29) is 24.2 Å². The number of amides is 1. The topological polar surface area (TPSA) is 53.0 Å². The number of thiophene rings is 1. The number of nitrogens with zero attached hydrogens (tertiary/aromatic N) is 2. The van der Waals surface area contributed by atoms with Crippen molar-refractivity contribution in [3.8, 4) is 5.75 Å². The third-order valence-corrected chi connectivity index (χ3v) is 6.17. The summed E-state index contributed by atoms with van der Waals surface area (Å²) in [6.45, 7) is 1.81. The number of halogens is 1. The molecule has 1 amide bonds. The van der Waals surface area contributed by atoms with Crippen molar-refractivity contribution in [3.05, 3.63) is 52.2 Å². The van der Waals surface area contributed by atoms with E-state index >= 15 is 0 Å². The van der Waals surface area contributed by atoms with Crippen LogP contribution >= 0.6 is 23.7 Å². The minimum Gasteiger partial charge on any atom is -0.497 e. The molecule has 0 bridgehead atoms. The van der Waals surface area contributed by atoms with Crippen LogP contribution in [0.2, 0.25) is 0 Å². The maximum atomic E-state index is 12.8. The predicted octanol–water partition coefficient (Wildman–Crippen LogP) is 3.02. The van der Waals surface area contributed by atoms with Crippen molar-refractivity contribution in [3.63, 3.8) is 0 Å². The molecule has 0 spiro atoms. The monoisotopic (exact) mass is 424 g/mol. The zero-order valence-electron chi connectivity index (χ0n) is 16.6. The highest BCUT2D eigenvalue weighted by Gasteiger charge is 2.44. The van der Waals surface area contributed by atoms with E-state index in [0.29, 0.717) is 32.5 Å². The average molecular weight is 425 g/mol. The molecule has 5 nitrogen and oxygen atoms in total. The van der Waals surface area contributed by atoms with Gasteiger partial charge in [-0.1, -0.05) is 18.2 Å². The Labute approximate surface area is 177 Å². The quantitative estimate of drug-likeness (QED) is 0.774. The molecule has 1 fully saturated rings. The van der Waals surface area contributed by atoms with Gasteiger partial charge < -0.3 is 19.6 Å². The van der Waals surface area contributed by atoms with Crippen molar-refractivity contribution in [2.24, 2.45) is 5.92 Å². The normalized spacial score (nSPS) is 22.0. The molecule has 1 aliphatic heterocycles.